The van der Waals surface area contributed by atoms with Crippen molar-refractivity contribution < 1.29 is 9.53 Å². The van der Waals surface area contributed by atoms with E-state index in [4.69, 9.17) is 4.74 Å². The normalized spacial score (nSPS) is 18.6. The number of nitrogens with zero attached hydrogens (tertiary/aromatic N) is 6. The van der Waals surface area contributed by atoms with Gasteiger partial charge in [0.25, 0.3) is 5.91 Å². The highest BCUT2D eigenvalue weighted by Crippen LogP contribution is 2.36. The number of carbonyl (C=O) groups excluding carboxylic acids is 1. The van der Waals surface area contributed by atoms with E-state index >= 15 is 0 Å². The van der Waals surface area contributed by atoms with Crippen LogP contribution in [-0.4, -0.2) is 85.1 Å². The summed E-state index contributed by atoms with van der Waals surface area (Å²) in [5, 5.41) is 0. The number of piperazine rings is 1. The molecule has 1 aromatic carbocycles. The third kappa shape index (κ3) is 5.06. The van der Waals surface area contributed by atoms with Crippen LogP contribution >= 0.6 is 0 Å². The van der Waals surface area contributed by atoms with Crippen molar-refractivity contribution >= 4 is 22.9 Å². The molecule has 204 valence electrons. The van der Waals surface area contributed by atoms with E-state index in [-0.39, 0.29) is 5.91 Å². The molecule has 3 aliphatic heterocycles. The molecule has 2 saturated heterocycles. The molecule has 0 radical (unpaired) electrons. The Morgan fingerprint density at radius 2 is 1.74 bits per heavy atom. The quantitative estimate of drug-likeness (QED) is 0.502. The zero-order valence-electron chi connectivity index (χ0n) is 23.6. The van der Waals surface area contributed by atoms with E-state index in [1.165, 1.54) is 36.3 Å². The Balaban J connectivity index is 0.00000144. The largest absolute Gasteiger partial charge is 0.496 e. The maximum Gasteiger partial charge on any atom is 0.258 e. The van der Waals surface area contributed by atoms with Gasteiger partial charge in [-0.25, -0.2) is 4.98 Å². The Morgan fingerprint density at radius 3 is 2.45 bits per heavy atom. The van der Waals surface area contributed by atoms with Crippen molar-refractivity contribution in [2.24, 2.45) is 5.92 Å². The Morgan fingerprint density at radius 1 is 1.00 bits per heavy atom. The van der Waals surface area contributed by atoms with Crippen LogP contribution in [0.5, 0.6) is 5.75 Å². The zero-order chi connectivity index (χ0) is 26.8. The number of hydrogen-bond donors (Lipinski definition) is 0. The predicted octanol–water partition coefficient (Wildman–Crippen LogP) is 4.30. The number of rotatable bonds is 5. The van der Waals surface area contributed by atoms with E-state index in [0.717, 1.165) is 62.0 Å². The average Bonchev–Trinajstić information content (AvgIpc) is 3.52. The molecule has 0 N–H and O–H groups in total. The van der Waals surface area contributed by atoms with Crippen LogP contribution in [-0.2, 0) is 6.54 Å². The molecule has 8 nitrogen and oxygen atoms in total. The number of aromatic nitrogens is 2. The summed E-state index contributed by atoms with van der Waals surface area (Å²) >= 11 is 0. The second-order valence-electron chi connectivity index (χ2n) is 10.6. The molecule has 2 fully saturated rings. The molecule has 0 bridgehead atoms. The summed E-state index contributed by atoms with van der Waals surface area (Å²) in [5.41, 5.74) is 6.64. The van der Waals surface area contributed by atoms with Crippen molar-refractivity contribution in [2.75, 3.05) is 69.8 Å². The average molecular weight is 519 g/mol. The van der Waals surface area contributed by atoms with Crippen molar-refractivity contribution in [3.63, 3.8) is 0 Å². The molecule has 2 aromatic heterocycles. The van der Waals surface area contributed by atoms with Crippen LogP contribution in [0.4, 0.5) is 11.4 Å². The number of fused-ring (bicyclic) bond motifs is 2. The SMILES string of the molecule is CC.COc1cc(N2CCC(CN3CCN(c4cn5ccnc5cc4C)CC3)CC2)cc2c1C(=O)N(C)C2. The first-order valence-corrected chi connectivity index (χ1v) is 14.1. The van der Waals surface area contributed by atoms with Gasteiger partial charge >= 0.3 is 0 Å². The highest BCUT2D eigenvalue weighted by Gasteiger charge is 2.31. The van der Waals surface area contributed by atoms with Crippen LogP contribution in [0.3, 0.4) is 0 Å². The first-order valence-electron chi connectivity index (χ1n) is 14.1. The smallest absolute Gasteiger partial charge is 0.258 e. The van der Waals surface area contributed by atoms with Crippen molar-refractivity contribution in [3.8, 4) is 5.75 Å². The number of aryl methyl sites for hydroxylation is 1. The molecule has 1 amide bonds. The maximum atomic E-state index is 12.5. The Bertz CT molecular complexity index is 1270. The highest BCUT2D eigenvalue weighted by atomic mass is 16.5. The van der Waals surface area contributed by atoms with Gasteiger partial charge in [0, 0.05) is 89.8 Å². The van der Waals surface area contributed by atoms with E-state index in [9.17, 15) is 4.79 Å². The van der Waals surface area contributed by atoms with Crippen molar-refractivity contribution in [1.29, 1.82) is 0 Å². The number of pyridine rings is 1. The summed E-state index contributed by atoms with van der Waals surface area (Å²) in [6, 6.07) is 6.43. The first-order chi connectivity index (χ1) is 18.5. The molecule has 3 aromatic rings. The van der Waals surface area contributed by atoms with Gasteiger partial charge in [-0.1, -0.05) is 13.8 Å². The lowest BCUT2D eigenvalue weighted by Gasteiger charge is -2.40. The number of piperidine rings is 1. The molecule has 5 heterocycles. The van der Waals surface area contributed by atoms with Crippen LogP contribution in [0, 0.1) is 12.8 Å². The van der Waals surface area contributed by atoms with E-state index in [1.54, 1.807) is 12.0 Å². The molecular formula is C30H42N6O2. The van der Waals surface area contributed by atoms with Crippen molar-refractivity contribution in [1.82, 2.24) is 19.2 Å². The highest BCUT2D eigenvalue weighted by molar-refractivity contribution is 6.01. The molecule has 0 spiro atoms. The Kier molecular flexibility index (Phi) is 7.79. The molecule has 8 heteroatoms. The van der Waals surface area contributed by atoms with Crippen molar-refractivity contribution in [2.45, 2.75) is 40.2 Å². The lowest BCUT2D eigenvalue weighted by atomic mass is 9.95. The third-order valence-electron chi connectivity index (χ3n) is 8.28. The predicted molar refractivity (Wildman–Crippen MR) is 154 cm³/mol. The van der Waals surface area contributed by atoms with E-state index in [0.29, 0.717) is 12.3 Å². The first kappa shape index (κ1) is 26.4. The van der Waals surface area contributed by atoms with Gasteiger partial charge in [0.05, 0.1) is 18.4 Å². The van der Waals surface area contributed by atoms with Crippen LogP contribution < -0.4 is 14.5 Å². The number of benzene rings is 1. The monoisotopic (exact) mass is 518 g/mol. The summed E-state index contributed by atoms with van der Waals surface area (Å²) in [4.78, 5) is 26.3. The summed E-state index contributed by atoms with van der Waals surface area (Å²) < 4.78 is 7.72. The number of imidazole rings is 1. The number of ether oxygens (including phenoxy) is 1. The minimum absolute atomic E-state index is 0.0599. The number of amides is 1. The number of hydrogen-bond acceptors (Lipinski definition) is 6. The summed E-state index contributed by atoms with van der Waals surface area (Å²) in [7, 11) is 3.51. The minimum Gasteiger partial charge on any atom is -0.496 e. The van der Waals surface area contributed by atoms with Gasteiger partial charge in [-0.05, 0) is 48.9 Å². The number of carbonyl (C=O) groups is 1. The Hall–Kier alpha value is -3.26. The molecule has 0 atom stereocenters. The number of anilines is 2. The van der Waals surface area contributed by atoms with E-state index in [2.05, 4.69) is 55.4 Å². The van der Waals surface area contributed by atoms with Gasteiger partial charge in [-0.3, -0.25) is 9.69 Å². The fraction of sp³-hybridized carbons (Fsp3) is 0.533. The number of methoxy groups -OCH3 is 1. The van der Waals surface area contributed by atoms with E-state index in [1.807, 2.05) is 33.3 Å². The molecule has 0 unspecified atom stereocenters. The van der Waals surface area contributed by atoms with Gasteiger partial charge in [0.15, 0.2) is 0 Å². The van der Waals surface area contributed by atoms with Crippen LogP contribution in [0.15, 0.2) is 36.8 Å². The molecular weight excluding hydrogens is 476 g/mol. The fourth-order valence-corrected chi connectivity index (χ4v) is 6.17. The fourth-order valence-electron chi connectivity index (χ4n) is 6.17. The van der Waals surface area contributed by atoms with Gasteiger partial charge in [-0.2, -0.15) is 0 Å². The van der Waals surface area contributed by atoms with Gasteiger partial charge in [0.1, 0.15) is 11.4 Å². The maximum absolute atomic E-state index is 12.5. The van der Waals surface area contributed by atoms with Crippen LogP contribution in [0.1, 0.15) is 48.2 Å². The van der Waals surface area contributed by atoms with Gasteiger partial charge in [-0.15, -0.1) is 0 Å². The van der Waals surface area contributed by atoms with Gasteiger partial charge < -0.3 is 23.8 Å². The van der Waals surface area contributed by atoms with E-state index < -0.39 is 0 Å². The molecule has 0 saturated carbocycles. The molecule has 38 heavy (non-hydrogen) atoms. The van der Waals surface area contributed by atoms with Crippen LogP contribution in [0.2, 0.25) is 0 Å². The standard InChI is InChI=1S/C28H36N6O2.C2H6/c1-20-14-26-29-6-9-34(26)19-24(20)33-12-10-31(11-13-33)17-21-4-7-32(8-5-21)23-15-22-18-30(2)28(35)27(22)25(16-23)36-3;1-2/h6,9,14-16,19,21H,4-5,7-8,10-13,17-18H2,1-3H3;1-2H3. The lowest BCUT2D eigenvalue weighted by molar-refractivity contribution is 0.0814. The lowest BCUT2D eigenvalue weighted by Crippen LogP contribution is -2.49. The summed E-state index contributed by atoms with van der Waals surface area (Å²) in [6.07, 6.45) is 8.52. The molecule has 6 rings (SSSR count). The summed E-state index contributed by atoms with van der Waals surface area (Å²) in [6.45, 7) is 14.5. The second kappa shape index (κ2) is 11.2. The topological polar surface area (TPSA) is 56.6 Å². The molecule has 0 aliphatic carbocycles. The van der Waals surface area contributed by atoms with Crippen LogP contribution in [0.25, 0.3) is 5.65 Å². The second-order valence-corrected chi connectivity index (χ2v) is 10.6. The minimum atomic E-state index is 0.0599. The van der Waals surface area contributed by atoms with Crippen molar-refractivity contribution in [3.05, 3.63) is 53.5 Å². The zero-order valence-corrected chi connectivity index (χ0v) is 23.6. The van der Waals surface area contributed by atoms with Gasteiger partial charge in [0.2, 0.25) is 0 Å². The molecule has 3 aliphatic rings. The summed E-state index contributed by atoms with van der Waals surface area (Å²) in [5.74, 6) is 1.50. The Labute approximate surface area is 226 Å². The third-order valence-corrected chi connectivity index (χ3v) is 8.28.